The van der Waals surface area contributed by atoms with Crippen molar-refractivity contribution < 1.29 is 5.11 Å². The lowest BCUT2D eigenvalue weighted by molar-refractivity contribution is 0.476. The predicted molar refractivity (Wildman–Crippen MR) is 155 cm³/mol. The Morgan fingerprint density at radius 3 is 1.88 bits per heavy atom. The number of pyridine rings is 1. The quantitative estimate of drug-likeness (QED) is 0.257. The molecule has 0 spiro atoms. The van der Waals surface area contributed by atoms with Crippen LogP contribution in [-0.2, 0) is 0 Å². The van der Waals surface area contributed by atoms with E-state index in [0.717, 1.165) is 32.8 Å². The molecule has 0 bridgehead atoms. The zero-order valence-corrected chi connectivity index (χ0v) is 22.8. The van der Waals surface area contributed by atoms with Crippen molar-refractivity contribution >= 4 is 27.5 Å². The van der Waals surface area contributed by atoms with E-state index in [-0.39, 0.29) is 5.75 Å². The standard InChI is InChI=1S/C13H10O.C10H10N2.4C2H6/c1-3-10-5-4-6-11-8-12(14)7-9(2)13(10)11;1-7-3-2-4-8-5-6-9(11)12-10(7)8;4*1-2/h1,4-8,14H,2H3;2-6H,1H3,(H2,11,12);4*1-2H3. The highest BCUT2D eigenvalue weighted by molar-refractivity contribution is 5.92. The van der Waals surface area contributed by atoms with Crippen LogP contribution in [0.4, 0.5) is 5.82 Å². The molecule has 0 aliphatic heterocycles. The lowest BCUT2D eigenvalue weighted by Crippen LogP contribution is -1.90. The molecular formula is C31H44N2O. The van der Waals surface area contributed by atoms with Crippen molar-refractivity contribution in [1.82, 2.24) is 4.98 Å². The number of hydrogen-bond acceptors (Lipinski definition) is 3. The molecule has 0 fully saturated rings. The van der Waals surface area contributed by atoms with Crippen LogP contribution < -0.4 is 5.73 Å². The van der Waals surface area contributed by atoms with Crippen LogP contribution in [0.2, 0.25) is 0 Å². The molecule has 4 aromatic rings. The maximum absolute atomic E-state index is 9.42. The van der Waals surface area contributed by atoms with Crippen LogP contribution in [-0.4, -0.2) is 10.1 Å². The van der Waals surface area contributed by atoms with Crippen LogP contribution in [0.25, 0.3) is 21.7 Å². The van der Waals surface area contributed by atoms with E-state index >= 15 is 0 Å². The Morgan fingerprint density at radius 2 is 1.29 bits per heavy atom. The first-order valence-corrected chi connectivity index (χ1v) is 12.3. The Kier molecular flexibility index (Phi) is 18.3. The summed E-state index contributed by atoms with van der Waals surface area (Å²) in [6.45, 7) is 20.0. The molecular weight excluding hydrogens is 416 g/mol. The van der Waals surface area contributed by atoms with Gasteiger partial charge in [0.2, 0.25) is 0 Å². The average Bonchev–Trinajstić information content (AvgIpc) is 2.89. The Bertz CT molecular complexity index is 1140. The zero-order valence-electron chi connectivity index (χ0n) is 22.8. The fourth-order valence-corrected chi connectivity index (χ4v) is 3.06. The number of nitrogens with zero attached hydrogens (tertiary/aromatic N) is 1. The summed E-state index contributed by atoms with van der Waals surface area (Å²) in [4.78, 5) is 4.25. The average molecular weight is 461 g/mol. The van der Waals surface area contributed by atoms with Gasteiger partial charge in [-0.15, -0.1) is 6.42 Å². The van der Waals surface area contributed by atoms with E-state index in [2.05, 4.69) is 10.9 Å². The highest BCUT2D eigenvalue weighted by Gasteiger charge is 2.03. The van der Waals surface area contributed by atoms with Gasteiger partial charge in [0.25, 0.3) is 0 Å². The maximum atomic E-state index is 9.42. The fraction of sp³-hybridized carbons (Fsp3) is 0.323. The maximum Gasteiger partial charge on any atom is 0.124 e. The molecule has 1 aromatic heterocycles. The summed E-state index contributed by atoms with van der Waals surface area (Å²) in [6.07, 6.45) is 5.41. The van der Waals surface area contributed by atoms with Gasteiger partial charge in [-0.3, -0.25) is 0 Å². The number of phenols is 1. The number of nitrogens with two attached hydrogens (primary N) is 1. The second kappa shape index (κ2) is 19.0. The van der Waals surface area contributed by atoms with Gasteiger partial charge in [-0.2, -0.15) is 0 Å². The van der Waals surface area contributed by atoms with Crippen molar-refractivity contribution in [3.05, 3.63) is 77.4 Å². The van der Waals surface area contributed by atoms with Crippen LogP contribution in [0.1, 0.15) is 72.1 Å². The largest absolute Gasteiger partial charge is 0.508 e. The van der Waals surface area contributed by atoms with Crippen molar-refractivity contribution in [1.29, 1.82) is 0 Å². The second-order valence-corrected chi connectivity index (χ2v) is 6.19. The Balaban J connectivity index is 0. The van der Waals surface area contributed by atoms with Crippen LogP contribution in [0.15, 0.2) is 60.7 Å². The van der Waals surface area contributed by atoms with Crippen LogP contribution in [0, 0.1) is 26.2 Å². The topological polar surface area (TPSA) is 59.1 Å². The van der Waals surface area contributed by atoms with Gasteiger partial charge in [0.05, 0.1) is 5.52 Å². The summed E-state index contributed by atoms with van der Waals surface area (Å²) in [5.41, 5.74) is 9.63. The van der Waals surface area contributed by atoms with Gasteiger partial charge in [-0.1, -0.05) is 91.6 Å². The molecule has 3 aromatic carbocycles. The van der Waals surface area contributed by atoms with Crippen LogP contribution in [0.3, 0.4) is 0 Å². The van der Waals surface area contributed by atoms with E-state index < -0.39 is 0 Å². The third kappa shape index (κ3) is 9.55. The molecule has 0 aliphatic carbocycles. The van der Waals surface area contributed by atoms with Gasteiger partial charge in [-0.25, -0.2) is 4.98 Å². The number of fused-ring (bicyclic) bond motifs is 2. The zero-order chi connectivity index (χ0) is 26.7. The van der Waals surface area contributed by atoms with Crippen molar-refractivity contribution in [2.24, 2.45) is 0 Å². The molecule has 3 heteroatoms. The third-order valence-electron chi connectivity index (χ3n) is 4.26. The van der Waals surface area contributed by atoms with Crippen molar-refractivity contribution in [2.45, 2.75) is 69.2 Å². The number of aromatic hydroxyl groups is 1. The fourth-order valence-electron chi connectivity index (χ4n) is 3.06. The molecule has 0 unspecified atom stereocenters. The number of terminal acetylenes is 1. The van der Waals surface area contributed by atoms with E-state index in [4.69, 9.17) is 12.2 Å². The van der Waals surface area contributed by atoms with Gasteiger partial charge >= 0.3 is 0 Å². The summed E-state index contributed by atoms with van der Waals surface area (Å²) in [5.74, 6) is 3.51. The number of aryl methyl sites for hydroxylation is 2. The number of phenolic OH excluding ortho intramolecular Hbond substituents is 1. The second-order valence-electron chi connectivity index (χ2n) is 6.19. The van der Waals surface area contributed by atoms with Crippen LogP contribution >= 0.6 is 0 Å². The van der Waals surface area contributed by atoms with Gasteiger partial charge in [0.15, 0.2) is 0 Å². The molecule has 3 nitrogen and oxygen atoms in total. The van der Waals surface area contributed by atoms with Crippen molar-refractivity contribution in [3.8, 4) is 18.1 Å². The summed E-state index contributed by atoms with van der Waals surface area (Å²) in [6, 6.07) is 19.1. The first-order chi connectivity index (χ1) is 16.5. The molecule has 4 rings (SSSR count). The Labute approximate surface area is 208 Å². The van der Waals surface area contributed by atoms with Crippen LogP contribution in [0.5, 0.6) is 5.75 Å². The lowest BCUT2D eigenvalue weighted by atomic mass is 10.00. The number of anilines is 1. The smallest absolute Gasteiger partial charge is 0.124 e. The third-order valence-corrected chi connectivity index (χ3v) is 4.26. The summed E-state index contributed by atoms with van der Waals surface area (Å²) in [5, 5.41) is 12.6. The molecule has 3 N–H and O–H groups in total. The molecule has 0 radical (unpaired) electrons. The summed E-state index contributed by atoms with van der Waals surface area (Å²) in [7, 11) is 0. The van der Waals surface area contributed by atoms with Gasteiger partial charge in [0.1, 0.15) is 11.6 Å². The van der Waals surface area contributed by atoms with E-state index in [9.17, 15) is 5.11 Å². The number of rotatable bonds is 0. The lowest BCUT2D eigenvalue weighted by Gasteiger charge is -2.05. The van der Waals surface area contributed by atoms with Gasteiger partial charge < -0.3 is 10.8 Å². The Morgan fingerprint density at radius 1 is 0.735 bits per heavy atom. The van der Waals surface area contributed by atoms with Crippen molar-refractivity contribution in [3.63, 3.8) is 0 Å². The minimum absolute atomic E-state index is 0.282. The number of hydrogen-bond donors (Lipinski definition) is 2. The Hall–Kier alpha value is -3.51. The number of aromatic nitrogens is 1. The molecule has 34 heavy (non-hydrogen) atoms. The molecule has 0 aliphatic rings. The van der Waals surface area contributed by atoms with Gasteiger partial charge in [-0.05, 0) is 60.7 Å². The number of benzene rings is 3. The van der Waals surface area contributed by atoms with E-state index in [0.29, 0.717) is 5.82 Å². The molecule has 0 saturated carbocycles. The molecule has 0 amide bonds. The SMILES string of the molecule is C#Cc1cccc2cc(O)cc(C)c12.CC.CC.CC.CC.Cc1cccc2ccc(N)nc12. The molecule has 1 heterocycles. The van der Waals surface area contributed by atoms with Gasteiger partial charge in [0, 0.05) is 16.3 Å². The summed E-state index contributed by atoms with van der Waals surface area (Å²) >= 11 is 0. The highest BCUT2D eigenvalue weighted by Crippen LogP contribution is 2.26. The first kappa shape index (κ1) is 32.7. The minimum atomic E-state index is 0.282. The minimum Gasteiger partial charge on any atom is -0.508 e. The summed E-state index contributed by atoms with van der Waals surface area (Å²) < 4.78 is 0. The van der Waals surface area contributed by atoms with E-state index in [1.165, 1.54) is 5.56 Å². The van der Waals surface area contributed by atoms with Crippen molar-refractivity contribution in [2.75, 3.05) is 5.73 Å². The molecule has 0 saturated heterocycles. The van der Waals surface area contributed by atoms with E-state index in [1.54, 1.807) is 12.1 Å². The first-order valence-electron chi connectivity index (χ1n) is 12.3. The molecule has 184 valence electrons. The normalized spacial score (nSPS) is 8.50. The number of para-hydroxylation sites is 1. The monoisotopic (exact) mass is 460 g/mol. The van der Waals surface area contributed by atoms with E-state index in [1.807, 2.05) is 118 Å². The predicted octanol–water partition coefficient (Wildman–Crippen LogP) is 9.07. The molecule has 0 atom stereocenters. The highest BCUT2D eigenvalue weighted by atomic mass is 16.3. The number of nitrogen functional groups attached to an aromatic ring is 1.